The molecule has 100 valence electrons. The van der Waals surface area contributed by atoms with Crippen molar-refractivity contribution in [1.82, 2.24) is 14.8 Å². The van der Waals surface area contributed by atoms with Crippen LogP contribution in [0.1, 0.15) is 52.8 Å². The third kappa shape index (κ3) is 2.61. The number of Topliss-reactive ketones (excluding diaryl/α,β-unsaturated/α-hetero) is 1. The molecule has 1 saturated carbocycles. The SMILES string of the molecule is Cc1ncsc1C(=O)Cc1ccn(C2CCCC2)n1. The molecule has 0 amide bonds. The lowest BCUT2D eigenvalue weighted by Crippen LogP contribution is -2.08. The number of ketones is 1. The maximum Gasteiger partial charge on any atom is 0.180 e. The number of rotatable bonds is 4. The Labute approximate surface area is 116 Å². The molecule has 0 N–H and O–H groups in total. The zero-order chi connectivity index (χ0) is 13.2. The number of carbonyl (C=O) groups is 1. The summed E-state index contributed by atoms with van der Waals surface area (Å²) in [6.07, 6.45) is 7.39. The van der Waals surface area contributed by atoms with Crippen molar-refractivity contribution in [1.29, 1.82) is 0 Å². The van der Waals surface area contributed by atoms with Crippen molar-refractivity contribution >= 4 is 17.1 Å². The van der Waals surface area contributed by atoms with Crippen LogP contribution in [0.4, 0.5) is 0 Å². The molecule has 19 heavy (non-hydrogen) atoms. The van der Waals surface area contributed by atoms with E-state index in [-0.39, 0.29) is 5.78 Å². The van der Waals surface area contributed by atoms with Crippen LogP contribution in [0.5, 0.6) is 0 Å². The molecule has 3 rings (SSSR count). The van der Waals surface area contributed by atoms with E-state index < -0.39 is 0 Å². The number of aryl methyl sites for hydroxylation is 1. The molecule has 0 aliphatic heterocycles. The van der Waals surface area contributed by atoms with Gasteiger partial charge in [0.25, 0.3) is 0 Å². The topological polar surface area (TPSA) is 47.8 Å². The van der Waals surface area contributed by atoms with Gasteiger partial charge in [-0.1, -0.05) is 12.8 Å². The van der Waals surface area contributed by atoms with Crippen LogP contribution in [-0.2, 0) is 6.42 Å². The van der Waals surface area contributed by atoms with Crippen LogP contribution in [-0.4, -0.2) is 20.5 Å². The molecule has 2 aromatic heterocycles. The third-order valence-corrected chi connectivity index (χ3v) is 4.67. The minimum absolute atomic E-state index is 0.122. The molecule has 0 aromatic carbocycles. The van der Waals surface area contributed by atoms with Gasteiger partial charge in [0.2, 0.25) is 0 Å². The first-order valence-corrected chi connectivity index (χ1v) is 7.59. The molecule has 1 aliphatic rings. The van der Waals surface area contributed by atoms with Crippen LogP contribution in [0.2, 0.25) is 0 Å². The number of hydrogen-bond donors (Lipinski definition) is 0. The Hall–Kier alpha value is -1.49. The van der Waals surface area contributed by atoms with Crippen molar-refractivity contribution in [3.8, 4) is 0 Å². The molecule has 0 radical (unpaired) electrons. The van der Waals surface area contributed by atoms with E-state index in [0.29, 0.717) is 12.5 Å². The fourth-order valence-corrected chi connectivity index (χ4v) is 3.40. The summed E-state index contributed by atoms with van der Waals surface area (Å²) in [5.41, 5.74) is 3.41. The van der Waals surface area contributed by atoms with Crippen molar-refractivity contribution in [2.75, 3.05) is 0 Å². The van der Waals surface area contributed by atoms with Crippen LogP contribution in [0.3, 0.4) is 0 Å². The second kappa shape index (κ2) is 5.25. The average molecular weight is 275 g/mol. The Morgan fingerprint density at radius 1 is 1.47 bits per heavy atom. The summed E-state index contributed by atoms with van der Waals surface area (Å²) in [5.74, 6) is 0.122. The van der Waals surface area contributed by atoms with Crippen LogP contribution in [0.15, 0.2) is 17.8 Å². The summed E-state index contributed by atoms with van der Waals surface area (Å²) < 4.78 is 2.04. The molecule has 0 unspecified atom stereocenters. The van der Waals surface area contributed by atoms with Crippen molar-refractivity contribution in [3.63, 3.8) is 0 Å². The summed E-state index contributed by atoms with van der Waals surface area (Å²) in [4.78, 5) is 17.0. The summed E-state index contributed by atoms with van der Waals surface area (Å²) in [5, 5.41) is 4.55. The molecule has 2 aromatic rings. The van der Waals surface area contributed by atoms with E-state index >= 15 is 0 Å². The molecule has 0 spiro atoms. The van der Waals surface area contributed by atoms with Crippen LogP contribution in [0, 0.1) is 6.92 Å². The van der Waals surface area contributed by atoms with Crippen molar-refractivity contribution in [2.45, 2.75) is 45.1 Å². The molecule has 1 fully saturated rings. The minimum Gasteiger partial charge on any atom is -0.293 e. The highest BCUT2D eigenvalue weighted by Crippen LogP contribution is 2.28. The normalized spacial score (nSPS) is 16.1. The Bertz CT molecular complexity index is 581. The highest BCUT2D eigenvalue weighted by Gasteiger charge is 2.19. The van der Waals surface area contributed by atoms with E-state index in [1.807, 2.05) is 23.9 Å². The van der Waals surface area contributed by atoms with Crippen molar-refractivity contribution in [3.05, 3.63) is 34.0 Å². The van der Waals surface area contributed by atoms with Gasteiger partial charge in [-0.3, -0.25) is 9.48 Å². The zero-order valence-electron chi connectivity index (χ0n) is 11.0. The summed E-state index contributed by atoms with van der Waals surface area (Å²) in [6, 6.07) is 2.50. The van der Waals surface area contributed by atoms with E-state index in [4.69, 9.17) is 0 Å². The first-order chi connectivity index (χ1) is 9.24. The lowest BCUT2D eigenvalue weighted by Gasteiger charge is -2.08. The van der Waals surface area contributed by atoms with Gasteiger partial charge in [0.15, 0.2) is 5.78 Å². The summed E-state index contributed by atoms with van der Waals surface area (Å²) in [7, 11) is 0. The van der Waals surface area contributed by atoms with E-state index in [0.717, 1.165) is 16.3 Å². The van der Waals surface area contributed by atoms with E-state index in [9.17, 15) is 4.79 Å². The van der Waals surface area contributed by atoms with Crippen molar-refractivity contribution in [2.24, 2.45) is 0 Å². The van der Waals surface area contributed by atoms with Gasteiger partial charge < -0.3 is 0 Å². The predicted octanol–water partition coefficient (Wildman–Crippen LogP) is 3.19. The van der Waals surface area contributed by atoms with Gasteiger partial charge >= 0.3 is 0 Å². The fourth-order valence-electron chi connectivity index (χ4n) is 2.66. The Balaban J connectivity index is 1.70. The van der Waals surface area contributed by atoms with Crippen LogP contribution >= 0.6 is 11.3 Å². The maximum atomic E-state index is 12.1. The Morgan fingerprint density at radius 3 is 2.95 bits per heavy atom. The standard InChI is InChI=1S/C14H17N3OS/c1-10-14(19-9-15-10)13(18)8-11-6-7-17(16-11)12-4-2-3-5-12/h6-7,9,12H,2-5,8H2,1H3. The molecule has 5 heteroatoms. The van der Waals surface area contributed by atoms with Crippen LogP contribution in [0.25, 0.3) is 0 Å². The predicted molar refractivity (Wildman–Crippen MR) is 74.6 cm³/mol. The minimum atomic E-state index is 0.122. The smallest absolute Gasteiger partial charge is 0.180 e. The van der Waals surface area contributed by atoms with E-state index in [1.54, 1.807) is 5.51 Å². The van der Waals surface area contributed by atoms with Crippen LogP contribution < -0.4 is 0 Å². The largest absolute Gasteiger partial charge is 0.293 e. The number of hydrogen-bond acceptors (Lipinski definition) is 4. The summed E-state index contributed by atoms with van der Waals surface area (Å²) in [6.45, 7) is 1.88. The number of carbonyl (C=O) groups excluding carboxylic acids is 1. The number of aromatic nitrogens is 3. The quantitative estimate of drug-likeness (QED) is 0.805. The molecular formula is C14H17N3OS. The second-order valence-corrected chi connectivity index (χ2v) is 5.95. The van der Waals surface area contributed by atoms with Crippen molar-refractivity contribution < 1.29 is 4.79 Å². The number of nitrogens with zero attached hydrogens (tertiary/aromatic N) is 3. The van der Waals surface area contributed by atoms with Gasteiger partial charge in [-0.05, 0) is 25.8 Å². The van der Waals surface area contributed by atoms with Gasteiger partial charge in [0, 0.05) is 6.20 Å². The highest BCUT2D eigenvalue weighted by atomic mass is 32.1. The monoisotopic (exact) mass is 275 g/mol. The highest BCUT2D eigenvalue weighted by molar-refractivity contribution is 7.11. The van der Waals surface area contributed by atoms with Gasteiger partial charge in [-0.15, -0.1) is 11.3 Å². The van der Waals surface area contributed by atoms with Gasteiger partial charge in [0.05, 0.1) is 34.2 Å². The Kier molecular flexibility index (Phi) is 3.46. The molecule has 1 aliphatic carbocycles. The lowest BCUT2D eigenvalue weighted by atomic mass is 10.2. The fraction of sp³-hybridized carbons (Fsp3) is 0.500. The first kappa shape index (κ1) is 12.5. The first-order valence-electron chi connectivity index (χ1n) is 6.71. The van der Waals surface area contributed by atoms with E-state index in [1.165, 1.54) is 37.0 Å². The van der Waals surface area contributed by atoms with Gasteiger partial charge in [-0.25, -0.2) is 4.98 Å². The summed E-state index contributed by atoms with van der Waals surface area (Å²) >= 11 is 1.41. The number of thiazole rings is 1. The third-order valence-electron chi connectivity index (χ3n) is 3.70. The average Bonchev–Trinajstić information content (AvgIpc) is 3.07. The lowest BCUT2D eigenvalue weighted by molar-refractivity contribution is 0.0995. The van der Waals surface area contributed by atoms with Gasteiger partial charge in [-0.2, -0.15) is 5.10 Å². The molecule has 0 atom stereocenters. The maximum absolute atomic E-state index is 12.1. The molecule has 2 heterocycles. The van der Waals surface area contributed by atoms with E-state index in [2.05, 4.69) is 10.1 Å². The zero-order valence-corrected chi connectivity index (χ0v) is 11.8. The molecule has 0 bridgehead atoms. The molecule has 0 saturated heterocycles. The molecular weight excluding hydrogens is 258 g/mol. The second-order valence-electron chi connectivity index (χ2n) is 5.09. The Morgan fingerprint density at radius 2 is 2.26 bits per heavy atom. The molecule has 4 nitrogen and oxygen atoms in total. The van der Waals surface area contributed by atoms with Gasteiger partial charge in [0.1, 0.15) is 0 Å².